The predicted molar refractivity (Wildman–Crippen MR) is 82.7 cm³/mol. The molecule has 2 saturated carbocycles. The Bertz CT molecular complexity index is 555. The molecule has 21 heavy (non-hydrogen) atoms. The van der Waals surface area contributed by atoms with Crippen LogP contribution in [0.25, 0.3) is 0 Å². The van der Waals surface area contributed by atoms with Crippen LogP contribution in [0.4, 0.5) is 0 Å². The molecule has 1 aliphatic heterocycles. The summed E-state index contributed by atoms with van der Waals surface area (Å²) in [4.78, 5) is 15.0. The Hall–Kier alpha value is -1.35. The van der Waals surface area contributed by atoms with E-state index in [1.807, 2.05) is 0 Å². The molecular formula is C18H24N2O. The first kappa shape index (κ1) is 13.3. The molecular weight excluding hydrogens is 260 g/mol. The number of nitrogens with zero attached hydrogens (tertiary/aromatic N) is 1. The lowest BCUT2D eigenvalue weighted by Crippen LogP contribution is -2.47. The lowest BCUT2D eigenvalue weighted by Gasteiger charge is -2.42. The van der Waals surface area contributed by atoms with E-state index in [-0.39, 0.29) is 11.7 Å². The number of rotatable bonds is 3. The first-order chi connectivity index (χ1) is 10.1. The number of carbonyl (C=O) groups excluding carboxylic acids is 1. The number of amides is 1. The second kappa shape index (κ2) is 4.57. The van der Waals surface area contributed by atoms with Gasteiger partial charge >= 0.3 is 0 Å². The average molecular weight is 284 g/mol. The van der Waals surface area contributed by atoms with E-state index in [0.717, 1.165) is 38.0 Å². The average Bonchev–Trinajstić information content (AvgIpc) is 3.19. The number of aryl methyl sites for hydroxylation is 1. The maximum atomic E-state index is 12.8. The van der Waals surface area contributed by atoms with E-state index < -0.39 is 0 Å². The topological polar surface area (TPSA) is 32.3 Å². The van der Waals surface area contributed by atoms with Gasteiger partial charge in [-0.3, -0.25) is 10.1 Å². The summed E-state index contributed by atoms with van der Waals surface area (Å²) in [5, 5.41) is 3.64. The fourth-order valence-corrected chi connectivity index (χ4v) is 3.88. The molecule has 0 bridgehead atoms. The van der Waals surface area contributed by atoms with Crippen LogP contribution in [0, 0.1) is 5.92 Å². The summed E-state index contributed by atoms with van der Waals surface area (Å²) in [6, 6.07) is 9.22. The zero-order chi connectivity index (χ0) is 14.6. The van der Waals surface area contributed by atoms with Crippen LogP contribution in [0.3, 0.4) is 0 Å². The van der Waals surface area contributed by atoms with Crippen molar-refractivity contribution in [1.29, 1.82) is 0 Å². The van der Waals surface area contributed by atoms with E-state index in [0.29, 0.717) is 11.9 Å². The van der Waals surface area contributed by atoms with Crippen molar-refractivity contribution in [2.24, 2.45) is 5.92 Å². The van der Waals surface area contributed by atoms with Crippen molar-refractivity contribution in [3.63, 3.8) is 0 Å². The summed E-state index contributed by atoms with van der Waals surface area (Å²) in [5.74, 6) is 1.12. The Kier molecular flexibility index (Phi) is 2.90. The van der Waals surface area contributed by atoms with Crippen molar-refractivity contribution in [3.05, 3.63) is 35.4 Å². The molecule has 112 valence electrons. The van der Waals surface area contributed by atoms with Crippen LogP contribution >= 0.6 is 0 Å². The van der Waals surface area contributed by atoms with Gasteiger partial charge in [0.05, 0.1) is 0 Å². The Balaban J connectivity index is 1.63. The molecule has 0 aromatic heterocycles. The van der Waals surface area contributed by atoms with Gasteiger partial charge in [-0.15, -0.1) is 0 Å². The van der Waals surface area contributed by atoms with Crippen molar-refractivity contribution in [1.82, 2.24) is 10.2 Å². The molecule has 1 aromatic carbocycles. The smallest absolute Gasteiger partial charge is 0.244 e. The molecule has 0 radical (unpaired) electrons. The second-order valence-corrected chi connectivity index (χ2v) is 7.17. The van der Waals surface area contributed by atoms with E-state index >= 15 is 0 Å². The molecule has 1 saturated heterocycles. The number of nitrogens with one attached hydrogen (secondary N) is 1. The molecule has 3 aliphatic rings. The monoisotopic (exact) mass is 284 g/mol. The van der Waals surface area contributed by atoms with Gasteiger partial charge in [-0.25, -0.2) is 0 Å². The second-order valence-electron chi connectivity index (χ2n) is 7.17. The van der Waals surface area contributed by atoms with Gasteiger partial charge in [0.2, 0.25) is 5.91 Å². The molecule has 3 heteroatoms. The van der Waals surface area contributed by atoms with E-state index in [1.165, 1.54) is 11.1 Å². The van der Waals surface area contributed by atoms with Gasteiger partial charge < -0.3 is 4.90 Å². The van der Waals surface area contributed by atoms with Crippen LogP contribution < -0.4 is 5.32 Å². The third-order valence-electron chi connectivity index (χ3n) is 5.53. The summed E-state index contributed by atoms with van der Waals surface area (Å²) in [5.41, 5.74) is 2.38. The van der Waals surface area contributed by atoms with Crippen molar-refractivity contribution in [3.8, 4) is 0 Å². The van der Waals surface area contributed by atoms with Gasteiger partial charge in [0.25, 0.3) is 0 Å². The largest absolute Gasteiger partial charge is 0.318 e. The number of benzene rings is 1. The van der Waals surface area contributed by atoms with Gasteiger partial charge in [0.1, 0.15) is 11.7 Å². The van der Waals surface area contributed by atoms with E-state index in [9.17, 15) is 4.79 Å². The van der Waals surface area contributed by atoms with Gasteiger partial charge in [0, 0.05) is 6.04 Å². The first-order valence-corrected chi connectivity index (χ1v) is 8.32. The molecule has 1 unspecified atom stereocenters. The Labute approximate surface area is 126 Å². The molecule has 1 atom stereocenters. The Morgan fingerprint density at radius 2 is 1.90 bits per heavy atom. The predicted octanol–water partition coefficient (Wildman–Crippen LogP) is 3.01. The van der Waals surface area contributed by atoms with Gasteiger partial charge in [-0.2, -0.15) is 0 Å². The minimum absolute atomic E-state index is 0.0865. The van der Waals surface area contributed by atoms with Crippen LogP contribution in [0.15, 0.2) is 24.3 Å². The summed E-state index contributed by atoms with van der Waals surface area (Å²) in [6.07, 6.45) is 5.48. The molecule has 4 rings (SSSR count). The van der Waals surface area contributed by atoms with E-state index in [2.05, 4.69) is 48.3 Å². The minimum Gasteiger partial charge on any atom is -0.318 e. The van der Waals surface area contributed by atoms with Crippen LogP contribution in [0.1, 0.15) is 56.8 Å². The molecule has 1 amide bonds. The molecule has 3 fully saturated rings. The maximum absolute atomic E-state index is 12.8. The molecule has 2 aliphatic carbocycles. The molecule has 3 nitrogen and oxygen atoms in total. The fraction of sp³-hybridized carbons (Fsp3) is 0.611. The van der Waals surface area contributed by atoms with Crippen molar-refractivity contribution >= 4 is 5.91 Å². The molecule has 1 aromatic rings. The zero-order valence-corrected chi connectivity index (χ0v) is 12.9. The standard InChI is InChI=1S/C18H24N2O/c1-3-13-4-6-14(7-5-13)16-19-18(8-9-18)17(21)20(16)15-10-12(2)11-15/h4-7,12,15-16,19H,3,8-11H2,1-2H3. The SMILES string of the molecule is CCc1ccc(C2NC3(CC3)C(=O)N2C2CC(C)C2)cc1. The van der Waals surface area contributed by atoms with E-state index in [4.69, 9.17) is 0 Å². The fourth-order valence-electron chi connectivity index (χ4n) is 3.88. The Morgan fingerprint density at radius 1 is 1.24 bits per heavy atom. The van der Waals surface area contributed by atoms with Gasteiger partial charge in [0.15, 0.2) is 0 Å². The highest BCUT2D eigenvalue weighted by Gasteiger charge is 2.61. The maximum Gasteiger partial charge on any atom is 0.244 e. The summed E-state index contributed by atoms with van der Waals surface area (Å²) in [7, 11) is 0. The minimum atomic E-state index is -0.215. The Morgan fingerprint density at radius 3 is 2.43 bits per heavy atom. The van der Waals surface area contributed by atoms with Crippen molar-refractivity contribution < 1.29 is 4.79 Å². The van der Waals surface area contributed by atoms with Crippen LogP contribution in [0.5, 0.6) is 0 Å². The lowest BCUT2D eigenvalue weighted by molar-refractivity contribution is -0.135. The molecule has 1 heterocycles. The van der Waals surface area contributed by atoms with Crippen molar-refractivity contribution in [2.75, 3.05) is 0 Å². The van der Waals surface area contributed by atoms with Crippen molar-refractivity contribution in [2.45, 2.75) is 63.7 Å². The zero-order valence-electron chi connectivity index (χ0n) is 12.9. The number of hydrogen-bond donors (Lipinski definition) is 1. The molecule has 1 N–H and O–H groups in total. The lowest BCUT2D eigenvalue weighted by atomic mass is 9.80. The highest BCUT2D eigenvalue weighted by molar-refractivity contribution is 5.92. The molecule has 1 spiro atoms. The number of carbonyl (C=O) groups is 1. The van der Waals surface area contributed by atoms with Crippen LogP contribution in [-0.4, -0.2) is 22.4 Å². The first-order valence-electron chi connectivity index (χ1n) is 8.32. The summed E-state index contributed by atoms with van der Waals surface area (Å²) in [6.45, 7) is 4.45. The summed E-state index contributed by atoms with van der Waals surface area (Å²) >= 11 is 0. The van der Waals surface area contributed by atoms with Gasteiger partial charge in [-0.1, -0.05) is 38.1 Å². The van der Waals surface area contributed by atoms with Crippen LogP contribution in [0.2, 0.25) is 0 Å². The normalized spacial score (nSPS) is 33.3. The van der Waals surface area contributed by atoms with E-state index in [1.54, 1.807) is 0 Å². The highest BCUT2D eigenvalue weighted by atomic mass is 16.2. The van der Waals surface area contributed by atoms with Gasteiger partial charge in [-0.05, 0) is 49.1 Å². The number of hydrogen-bond acceptors (Lipinski definition) is 2. The quantitative estimate of drug-likeness (QED) is 0.925. The summed E-state index contributed by atoms with van der Waals surface area (Å²) < 4.78 is 0. The third kappa shape index (κ3) is 2.02. The highest BCUT2D eigenvalue weighted by Crippen LogP contribution is 2.49. The third-order valence-corrected chi connectivity index (χ3v) is 5.53. The van der Waals surface area contributed by atoms with Crippen LogP contribution in [-0.2, 0) is 11.2 Å².